The lowest BCUT2D eigenvalue weighted by atomic mass is 10.0. The van der Waals surface area contributed by atoms with Gasteiger partial charge in [0.05, 0.1) is 23.4 Å². The number of aromatic amines is 1. The van der Waals surface area contributed by atoms with Gasteiger partial charge < -0.3 is 25.3 Å². The molecule has 0 radical (unpaired) electrons. The summed E-state index contributed by atoms with van der Waals surface area (Å²) in [5, 5.41) is 0.974. The number of carbonyl (C=O) groups is 1. The molecule has 0 bridgehead atoms. The molecule has 1 amide bonds. The Labute approximate surface area is 225 Å². The number of ether oxygens (including phenoxy) is 1. The van der Waals surface area contributed by atoms with Crippen LogP contribution < -0.4 is 10.6 Å². The molecule has 1 saturated carbocycles. The van der Waals surface area contributed by atoms with Gasteiger partial charge in [0.15, 0.2) is 11.6 Å². The number of nitrogens with two attached hydrogens (primary N) is 1. The summed E-state index contributed by atoms with van der Waals surface area (Å²) in [7, 11) is 0. The Balaban J connectivity index is 1.24. The molecule has 9 nitrogen and oxygen atoms in total. The Kier molecular flexibility index (Phi) is 6.27. The van der Waals surface area contributed by atoms with Crippen molar-refractivity contribution in [3.8, 4) is 11.4 Å². The third-order valence-corrected chi connectivity index (χ3v) is 9.07. The molecule has 2 saturated heterocycles. The number of hydrogen-bond acceptors (Lipinski definition) is 8. The first-order valence-electron chi connectivity index (χ1n) is 13.6. The van der Waals surface area contributed by atoms with E-state index in [1.165, 1.54) is 24.3 Å². The molecule has 3 fully saturated rings. The van der Waals surface area contributed by atoms with Crippen LogP contribution in [0.5, 0.6) is 0 Å². The van der Waals surface area contributed by atoms with Crippen LogP contribution in [0, 0.1) is 5.92 Å². The molecule has 4 aromatic rings. The summed E-state index contributed by atoms with van der Waals surface area (Å²) in [5.41, 5.74) is 8.72. The van der Waals surface area contributed by atoms with Crippen molar-refractivity contribution in [1.29, 1.82) is 0 Å². The monoisotopic (exact) mass is 531 g/mol. The lowest BCUT2D eigenvalue weighted by Crippen LogP contribution is -2.46. The highest BCUT2D eigenvalue weighted by atomic mass is 32.1. The van der Waals surface area contributed by atoms with Crippen molar-refractivity contribution >= 4 is 44.2 Å². The molecule has 10 heteroatoms. The Morgan fingerprint density at radius 2 is 1.84 bits per heavy atom. The fraction of sp³-hybridized carbons (Fsp3) is 0.464. The van der Waals surface area contributed by atoms with Crippen molar-refractivity contribution in [2.75, 3.05) is 63.9 Å². The summed E-state index contributed by atoms with van der Waals surface area (Å²) in [6.07, 6.45) is 4.70. The maximum atomic E-state index is 12.1. The smallest absolute Gasteiger partial charge is 0.248 e. The van der Waals surface area contributed by atoms with Gasteiger partial charge in [-0.15, -0.1) is 11.3 Å². The minimum absolute atomic E-state index is 0.443. The van der Waals surface area contributed by atoms with Gasteiger partial charge in [0.2, 0.25) is 5.91 Å². The Hall–Kier alpha value is -3.05. The maximum absolute atomic E-state index is 12.1. The van der Waals surface area contributed by atoms with E-state index >= 15 is 0 Å². The first-order valence-corrected chi connectivity index (χ1v) is 14.4. The lowest BCUT2D eigenvalue weighted by Gasteiger charge is -2.34. The second kappa shape index (κ2) is 9.92. The number of fused-ring (bicyclic) bond motifs is 2. The number of hydrogen-bond donors (Lipinski definition) is 2. The van der Waals surface area contributed by atoms with Gasteiger partial charge in [-0.2, -0.15) is 0 Å². The van der Waals surface area contributed by atoms with E-state index in [2.05, 4.69) is 25.8 Å². The number of piperazine rings is 1. The number of benzene rings is 1. The highest BCUT2D eigenvalue weighted by molar-refractivity contribution is 7.19. The summed E-state index contributed by atoms with van der Waals surface area (Å²) in [6, 6.07) is 7.84. The Morgan fingerprint density at radius 1 is 1.05 bits per heavy atom. The molecule has 7 rings (SSSR count). The standard InChI is InChI=1S/C28H33N7O2S/c29-26(36)19-13-22(21-3-4-30-23(21)14-19)27-31-24-15-20(17-34-7-5-33(6-8-34)16-18-1-2-18)38-25(24)28(32-27)35-9-11-37-12-10-35/h3-4,13-15,18,30H,1-2,5-12,16-17H2,(H2,29,36). The van der Waals surface area contributed by atoms with Crippen molar-refractivity contribution in [3.05, 3.63) is 40.9 Å². The van der Waals surface area contributed by atoms with E-state index in [0.717, 1.165) is 84.2 Å². The molecule has 1 aliphatic carbocycles. The first kappa shape index (κ1) is 24.0. The van der Waals surface area contributed by atoms with Crippen molar-refractivity contribution < 1.29 is 9.53 Å². The van der Waals surface area contributed by atoms with E-state index in [1.54, 1.807) is 17.4 Å². The van der Waals surface area contributed by atoms with Crippen molar-refractivity contribution in [3.63, 3.8) is 0 Å². The van der Waals surface area contributed by atoms with Crippen LogP contribution in [-0.2, 0) is 11.3 Å². The van der Waals surface area contributed by atoms with Gasteiger partial charge >= 0.3 is 0 Å². The number of anilines is 1. The summed E-state index contributed by atoms with van der Waals surface area (Å²) < 4.78 is 6.75. The fourth-order valence-electron chi connectivity index (χ4n) is 5.66. The van der Waals surface area contributed by atoms with Crippen LogP contribution in [0.1, 0.15) is 28.1 Å². The van der Waals surface area contributed by atoms with E-state index in [4.69, 9.17) is 20.4 Å². The van der Waals surface area contributed by atoms with Crippen molar-refractivity contribution in [2.45, 2.75) is 19.4 Å². The fourth-order valence-corrected chi connectivity index (χ4v) is 6.82. The SMILES string of the molecule is NC(=O)c1cc(-c2nc(N3CCOCC3)c3sc(CN4CCN(CC5CC5)CC4)cc3n2)c2cc[nH]c2c1. The van der Waals surface area contributed by atoms with E-state index in [0.29, 0.717) is 24.6 Å². The molecule has 0 atom stereocenters. The number of morpholine rings is 1. The van der Waals surface area contributed by atoms with Crippen LogP contribution in [-0.4, -0.2) is 89.7 Å². The molecule has 3 aromatic heterocycles. The van der Waals surface area contributed by atoms with Gasteiger partial charge in [-0.3, -0.25) is 9.69 Å². The number of nitrogens with zero attached hydrogens (tertiary/aromatic N) is 5. The molecule has 0 unspecified atom stereocenters. The minimum Gasteiger partial charge on any atom is -0.378 e. The van der Waals surface area contributed by atoms with E-state index < -0.39 is 5.91 Å². The molecular formula is C28H33N7O2S. The molecular weight excluding hydrogens is 498 g/mol. The number of thiophene rings is 1. The van der Waals surface area contributed by atoms with E-state index in [9.17, 15) is 4.79 Å². The lowest BCUT2D eigenvalue weighted by molar-refractivity contribution is 0.100. The van der Waals surface area contributed by atoms with Gasteiger partial charge in [0.25, 0.3) is 0 Å². The van der Waals surface area contributed by atoms with Crippen molar-refractivity contribution in [1.82, 2.24) is 24.8 Å². The van der Waals surface area contributed by atoms with Crippen LogP contribution in [0.15, 0.2) is 30.5 Å². The summed E-state index contributed by atoms with van der Waals surface area (Å²) in [4.78, 5) is 34.3. The zero-order valence-corrected chi connectivity index (χ0v) is 22.3. The summed E-state index contributed by atoms with van der Waals surface area (Å²) in [6.45, 7) is 9.72. The topological polar surface area (TPSA) is 104 Å². The van der Waals surface area contributed by atoms with Crippen LogP contribution in [0.25, 0.3) is 32.5 Å². The number of primary amides is 1. The van der Waals surface area contributed by atoms with E-state index in [1.807, 2.05) is 18.3 Å². The molecule has 1 aromatic carbocycles. The number of carbonyl (C=O) groups excluding carboxylic acids is 1. The number of nitrogens with one attached hydrogen (secondary N) is 1. The molecule has 2 aliphatic heterocycles. The summed E-state index contributed by atoms with van der Waals surface area (Å²) in [5.74, 6) is 2.05. The Bertz CT molecular complexity index is 1480. The van der Waals surface area contributed by atoms with Gasteiger partial charge in [-0.25, -0.2) is 9.97 Å². The Morgan fingerprint density at radius 3 is 2.61 bits per heavy atom. The first-order chi connectivity index (χ1) is 18.6. The third-order valence-electron chi connectivity index (χ3n) is 7.97. The predicted molar refractivity (Wildman–Crippen MR) is 151 cm³/mol. The molecule has 3 N–H and O–H groups in total. The molecule has 5 heterocycles. The highest BCUT2D eigenvalue weighted by Crippen LogP contribution is 2.37. The maximum Gasteiger partial charge on any atom is 0.248 e. The number of amides is 1. The summed E-state index contributed by atoms with van der Waals surface area (Å²) >= 11 is 1.81. The zero-order chi connectivity index (χ0) is 25.6. The number of rotatable bonds is 7. The van der Waals surface area contributed by atoms with Gasteiger partial charge in [0, 0.05) is 85.5 Å². The quantitative estimate of drug-likeness (QED) is 0.377. The second-order valence-corrected chi connectivity index (χ2v) is 11.9. The second-order valence-electron chi connectivity index (χ2n) is 10.7. The minimum atomic E-state index is -0.465. The van der Waals surface area contributed by atoms with Crippen LogP contribution >= 0.6 is 11.3 Å². The highest BCUT2D eigenvalue weighted by Gasteiger charge is 2.27. The third kappa shape index (κ3) is 4.77. The van der Waals surface area contributed by atoms with E-state index in [-0.39, 0.29) is 0 Å². The van der Waals surface area contributed by atoms with Gasteiger partial charge in [-0.1, -0.05) is 0 Å². The van der Waals surface area contributed by atoms with Crippen molar-refractivity contribution in [2.24, 2.45) is 11.7 Å². The average Bonchev–Trinajstić information content (AvgIpc) is 3.45. The normalized spacial score (nSPS) is 19.5. The molecule has 38 heavy (non-hydrogen) atoms. The van der Waals surface area contributed by atoms with Gasteiger partial charge in [0.1, 0.15) is 0 Å². The largest absolute Gasteiger partial charge is 0.378 e. The number of H-pyrrole nitrogens is 1. The van der Waals surface area contributed by atoms with Gasteiger partial charge in [-0.05, 0) is 43.0 Å². The predicted octanol–water partition coefficient (Wildman–Crippen LogP) is 3.30. The molecule has 3 aliphatic rings. The molecule has 198 valence electrons. The van der Waals surface area contributed by atoms with Crippen LogP contribution in [0.3, 0.4) is 0 Å². The average molecular weight is 532 g/mol. The van der Waals surface area contributed by atoms with Crippen LogP contribution in [0.2, 0.25) is 0 Å². The zero-order valence-electron chi connectivity index (χ0n) is 21.5. The number of aromatic nitrogens is 3. The van der Waals surface area contributed by atoms with Crippen LogP contribution in [0.4, 0.5) is 5.82 Å². The molecule has 0 spiro atoms.